The summed E-state index contributed by atoms with van der Waals surface area (Å²) in [5, 5.41) is 35.9. The molecule has 0 aliphatic carbocycles. The number of aliphatic hydroxyl groups excluding tert-OH is 4. The van der Waals surface area contributed by atoms with Gasteiger partial charge < -0.3 is 24.9 Å². The van der Waals surface area contributed by atoms with Crippen LogP contribution in [0.2, 0.25) is 0 Å². The van der Waals surface area contributed by atoms with E-state index in [0.29, 0.717) is 24.2 Å². The van der Waals surface area contributed by atoms with Crippen molar-refractivity contribution >= 4 is 8.38 Å². The molecule has 0 bridgehead atoms. The Morgan fingerprint density at radius 3 is 2.25 bits per heavy atom. The number of nitrogens with zero attached hydrogens (tertiary/aromatic N) is 1. The van der Waals surface area contributed by atoms with Crippen LogP contribution in [0.5, 0.6) is 0 Å². The number of quaternary nitrogens is 1. The van der Waals surface area contributed by atoms with Crippen LogP contribution in [0.1, 0.15) is 0 Å². The van der Waals surface area contributed by atoms with Gasteiger partial charge in [-0.2, -0.15) is 4.89 Å². The van der Waals surface area contributed by atoms with Gasteiger partial charge in [-0.15, -0.1) is 0 Å². The lowest BCUT2D eigenvalue weighted by Gasteiger charge is -2.30. The molecule has 0 spiro atoms. The van der Waals surface area contributed by atoms with E-state index < -0.39 is 20.6 Å². The summed E-state index contributed by atoms with van der Waals surface area (Å²) in [6, 6.07) is 0. The van der Waals surface area contributed by atoms with Gasteiger partial charge in [0.25, 0.3) is 0 Å². The van der Waals surface area contributed by atoms with E-state index in [-0.39, 0.29) is 19.8 Å². The predicted octanol–water partition coefficient (Wildman–Crippen LogP) is -1.59. The first-order chi connectivity index (χ1) is 9.30. The molecule has 0 radical (unpaired) electrons. The van der Waals surface area contributed by atoms with Gasteiger partial charge in [-0.1, -0.05) is 4.67 Å². The van der Waals surface area contributed by atoms with Crippen molar-refractivity contribution in [3.8, 4) is 0 Å². The van der Waals surface area contributed by atoms with Crippen LogP contribution >= 0.6 is 8.38 Å². The lowest BCUT2D eigenvalue weighted by molar-refractivity contribution is -0.894. The summed E-state index contributed by atoms with van der Waals surface area (Å²) in [4.78, 5) is 5.03. The Kier molecular flexibility index (Phi) is 10.8. The van der Waals surface area contributed by atoms with Crippen molar-refractivity contribution in [2.75, 3.05) is 60.3 Å². The zero-order valence-corrected chi connectivity index (χ0v) is 13.4. The van der Waals surface area contributed by atoms with Crippen molar-refractivity contribution in [2.45, 2.75) is 12.2 Å². The number of rotatable bonds is 12. The zero-order chi connectivity index (χ0) is 15.6. The van der Waals surface area contributed by atoms with Crippen LogP contribution in [0.4, 0.5) is 0 Å². The van der Waals surface area contributed by atoms with Crippen LogP contribution in [0.25, 0.3) is 0 Å². The molecule has 0 aliphatic heterocycles. The quantitative estimate of drug-likeness (QED) is 0.113. The second kappa shape index (κ2) is 10.8. The van der Waals surface area contributed by atoms with Gasteiger partial charge in [0.2, 0.25) is 0 Å². The molecule has 8 nitrogen and oxygen atoms in total. The lowest BCUT2D eigenvalue weighted by atomic mass is 10.3. The molecule has 122 valence electrons. The number of likely N-dealkylation sites (N-methyl/N-ethyl adjacent to an activating group) is 1. The Morgan fingerprint density at radius 1 is 1.10 bits per heavy atom. The Hall–Kier alpha value is 0.110. The SMILES string of the molecule is C[PH+](OCC(O)CO)OOCC[N+](C)(C)CC(O)CO. The Morgan fingerprint density at radius 2 is 1.70 bits per heavy atom. The fourth-order valence-corrected chi connectivity index (χ4v) is 2.14. The van der Waals surface area contributed by atoms with Gasteiger partial charge in [-0.3, -0.25) is 0 Å². The van der Waals surface area contributed by atoms with Gasteiger partial charge in [0.15, 0.2) is 0 Å². The van der Waals surface area contributed by atoms with E-state index in [0.717, 1.165) is 0 Å². The Balaban J connectivity index is 3.68. The smallest absolute Gasteiger partial charge is 0.301 e. The molecule has 0 heterocycles. The summed E-state index contributed by atoms with van der Waals surface area (Å²) in [5.41, 5.74) is 0. The van der Waals surface area contributed by atoms with Crippen molar-refractivity contribution in [1.82, 2.24) is 0 Å². The standard InChI is InChI=1S/C11H27NO7P/c1-12(2,6-10(15)7-13)4-5-17-19-20(3)18-9-11(16)8-14/h10-11,13-16H,4-9H2,1-3H3/q+1/p+1. The zero-order valence-electron chi connectivity index (χ0n) is 12.4. The largest absolute Gasteiger partial charge is 0.394 e. The first-order valence-electron chi connectivity index (χ1n) is 6.46. The highest BCUT2D eigenvalue weighted by Crippen LogP contribution is 2.33. The molecule has 3 atom stereocenters. The Labute approximate surface area is 120 Å². The minimum atomic E-state index is -1.63. The highest BCUT2D eigenvalue weighted by Gasteiger charge is 2.21. The maximum atomic E-state index is 9.39. The van der Waals surface area contributed by atoms with Crippen molar-refractivity contribution in [1.29, 1.82) is 0 Å². The van der Waals surface area contributed by atoms with E-state index in [1.807, 2.05) is 14.1 Å². The second-order valence-corrected chi connectivity index (χ2v) is 6.66. The van der Waals surface area contributed by atoms with E-state index in [1.165, 1.54) is 0 Å². The molecule has 0 aromatic carbocycles. The highest BCUT2D eigenvalue weighted by molar-refractivity contribution is 7.46. The molecular weight excluding hydrogens is 289 g/mol. The van der Waals surface area contributed by atoms with Gasteiger partial charge >= 0.3 is 8.38 Å². The van der Waals surface area contributed by atoms with Gasteiger partial charge in [0.05, 0.1) is 27.3 Å². The van der Waals surface area contributed by atoms with Crippen molar-refractivity contribution in [3.63, 3.8) is 0 Å². The van der Waals surface area contributed by atoms with Gasteiger partial charge in [0.1, 0.15) is 45.2 Å². The molecular formula is C11H28NO7P+2. The molecule has 0 rings (SSSR count). The van der Waals surface area contributed by atoms with Gasteiger partial charge in [0, 0.05) is 0 Å². The summed E-state index contributed by atoms with van der Waals surface area (Å²) in [5.74, 6) is 0. The van der Waals surface area contributed by atoms with E-state index >= 15 is 0 Å². The fraction of sp³-hybridized carbons (Fsp3) is 1.00. The minimum Gasteiger partial charge on any atom is -0.394 e. The molecule has 20 heavy (non-hydrogen) atoms. The fourth-order valence-electron chi connectivity index (χ4n) is 1.42. The number of aliphatic hydroxyl groups is 4. The molecule has 4 N–H and O–H groups in total. The molecule has 0 amide bonds. The first kappa shape index (κ1) is 20.1. The highest BCUT2D eigenvalue weighted by atomic mass is 31.2. The van der Waals surface area contributed by atoms with Crippen LogP contribution in [-0.4, -0.2) is 97.4 Å². The second-order valence-electron chi connectivity index (χ2n) is 5.22. The minimum absolute atomic E-state index is 0.00883. The van der Waals surface area contributed by atoms with E-state index in [4.69, 9.17) is 29.4 Å². The third-order valence-corrected chi connectivity index (χ3v) is 3.49. The normalized spacial score (nSPS) is 16.9. The van der Waals surface area contributed by atoms with E-state index in [1.54, 1.807) is 6.66 Å². The average Bonchev–Trinajstić information content (AvgIpc) is 2.40. The molecule has 0 fully saturated rings. The van der Waals surface area contributed by atoms with Crippen LogP contribution in [0.3, 0.4) is 0 Å². The lowest BCUT2D eigenvalue weighted by Crippen LogP contribution is -2.48. The Bertz CT molecular complexity index is 245. The van der Waals surface area contributed by atoms with E-state index in [2.05, 4.69) is 0 Å². The van der Waals surface area contributed by atoms with Gasteiger partial charge in [-0.05, 0) is 0 Å². The number of hydrogen-bond donors (Lipinski definition) is 4. The molecule has 0 saturated carbocycles. The maximum absolute atomic E-state index is 9.39. The van der Waals surface area contributed by atoms with Crippen molar-refractivity contribution < 1.29 is 39.0 Å². The van der Waals surface area contributed by atoms with Crippen LogP contribution in [-0.2, 0) is 14.1 Å². The molecule has 0 saturated heterocycles. The summed E-state index contributed by atoms with van der Waals surface area (Å²) in [6.07, 6.45) is -1.66. The van der Waals surface area contributed by atoms with Crippen LogP contribution < -0.4 is 0 Å². The summed E-state index contributed by atoms with van der Waals surface area (Å²) in [7, 11) is 2.19. The van der Waals surface area contributed by atoms with Crippen molar-refractivity contribution in [3.05, 3.63) is 0 Å². The predicted molar refractivity (Wildman–Crippen MR) is 75.3 cm³/mol. The summed E-state index contributed by atoms with van der Waals surface area (Å²) in [6.45, 7) is 2.45. The van der Waals surface area contributed by atoms with Gasteiger partial charge in [-0.25, -0.2) is 4.52 Å². The van der Waals surface area contributed by atoms with E-state index in [9.17, 15) is 5.11 Å². The first-order valence-corrected chi connectivity index (χ1v) is 8.28. The van der Waals surface area contributed by atoms with Crippen LogP contribution in [0, 0.1) is 0 Å². The topological polar surface area (TPSA) is 109 Å². The monoisotopic (exact) mass is 317 g/mol. The molecule has 9 heteroatoms. The maximum Gasteiger partial charge on any atom is 0.301 e. The molecule has 3 unspecified atom stereocenters. The third kappa shape index (κ3) is 10.8. The summed E-state index contributed by atoms with van der Waals surface area (Å²) < 4.78 is 10.7. The van der Waals surface area contributed by atoms with Crippen LogP contribution in [0.15, 0.2) is 0 Å². The molecule has 0 aromatic heterocycles. The number of hydrogen-bond acceptors (Lipinski definition) is 7. The summed E-state index contributed by atoms with van der Waals surface area (Å²) >= 11 is 0. The molecule has 0 aromatic rings. The molecule has 0 aliphatic rings. The third-order valence-electron chi connectivity index (χ3n) is 2.56. The van der Waals surface area contributed by atoms with Crippen molar-refractivity contribution in [2.24, 2.45) is 0 Å². The average molecular weight is 317 g/mol.